The first kappa shape index (κ1) is 12.0. The minimum Gasteiger partial charge on any atom is -0.207 e. The van der Waals surface area contributed by atoms with Crippen LogP contribution in [0, 0.1) is 13.8 Å². The Morgan fingerprint density at radius 3 is 2.62 bits per heavy atom. The summed E-state index contributed by atoms with van der Waals surface area (Å²) in [5.41, 5.74) is 1.92. The standard InChI is InChI=1S/C11H15NO2S2/c1-9-3-4-11(10(2)7-9)16(13,14)12-5-6-15-8-12/h3-4,7H,5-6,8H2,1-2H3. The van der Waals surface area contributed by atoms with Crippen molar-refractivity contribution >= 4 is 21.8 Å². The molecule has 88 valence electrons. The molecule has 0 radical (unpaired) electrons. The van der Waals surface area contributed by atoms with E-state index in [0.717, 1.165) is 16.9 Å². The van der Waals surface area contributed by atoms with Gasteiger partial charge in [0, 0.05) is 12.3 Å². The maximum Gasteiger partial charge on any atom is 0.244 e. The normalized spacial score (nSPS) is 17.9. The van der Waals surface area contributed by atoms with Gasteiger partial charge in [-0.1, -0.05) is 17.7 Å². The highest BCUT2D eigenvalue weighted by molar-refractivity contribution is 8.00. The molecule has 1 aliphatic heterocycles. The molecular formula is C11H15NO2S2. The minimum absolute atomic E-state index is 0.445. The van der Waals surface area contributed by atoms with E-state index in [1.807, 2.05) is 26.0 Å². The van der Waals surface area contributed by atoms with Crippen LogP contribution in [-0.4, -0.2) is 30.9 Å². The molecule has 1 fully saturated rings. The van der Waals surface area contributed by atoms with E-state index in [1.165, 1.54) is 0 Å². The predicted octanol–water partition coefficient (Wildman–Crippen LogP) is 2.00. The number of aryl methyl sites for hydroxylation is 2. The highest BCUT2D eigenvalue weighted by Gasteiger charge is 2.28. The fraction of sp³-hybridized carbons (Fsp3) is 0.455. The van der Waals surface area contributed by atoms with Gasteiger partial charge >= 0.3 is 0 Å². The number of sulfonamides is 1. The molecule has 0 bridgehead atoms. The number of hydrogen-bond donors (Lipinski definition) is 0. The van der Waals surface area contributed by atoms with Crippen molar-refractivity contribution in [2.24, 2.45) is 0 Å². The van der Waals surface area contributed by atoms with Gasteiger partial charge in [-0.25, -0.2) is 8.42 Å². The molecule has 0 saturated carbocycles. The van der Waals surface area contributed by atoms with Crippen LogP contribution in [0.5, 0.6) is 0 Å². The Morgan fingerprint density at radius 1 is 1.31 bits per heavy atom. The van der Waals surface area contributed by atoms with E-state index in [0.29, 0.717) is 17.3 Å². The first-order valence-corrected chi connectivity index (χ1v) is 7.76. The van der Waals surface area contributed by atoms with Crippen molar-refractivity contribution in [1.29, 1.82) is 0 Å². The van der Waals surface area contributed by atoms with Crippen molar-refractivity contribution in [3.05, 3.63) is 29.3 Å². The molecule has 0 amide bonds. The Bertz CT molecular complexity index is 491. The van der Waals surface area contributed by atoms with Crippen LogP contribution in [0.4, 0.5) is 0 Å². The smallest absolute Gasteiger partial charge is 0.207 e. The van der Waals surface area contributed by atoms with E-state index < -0.39 is 10.0 Å². The third-order valence-electron chi connectivity index (χ3n) is 2.67. The summed E-state index contributed by atoms with van der Waals surface area (Å²) in [6, 6.07) is 5.47. The Balaban J connectivity index is 2.42. The molecule has 1 saturated heterocycles. The van der Waals surface area contributed by atoms with Gasteiger partial charge in [0.15, 0.2) is 0 Å². The number of benzene rings is 1. The lowest BCUT2D eigenvalue weighted by atomic mass is 10.2. The number of thioether (sulfide) groups is 1. The van der Waals surface area contributed by atoms with E-state index in [9.17, 15) is 8.42 Å². The second-order valence-corrected chi connectivity index (χ2v) is 6.97. The van der Waals surface area contributed by atoms with Crippen LogP contribution in [0.25, 0.3) is 0 Å². The van der Waals surface area contributed by atoms with Crippen molar-refractivity contribution in [3.8, 4) is 0 Å². The van der Waals surface area contributed by atoms with Crippen molar-refractivity contribution in [2.75, 3.05) is 18.2 Å². The molecule has 16 heavy (non-hydrogen) atoms. The summed E-state index contributed by atoms with van der Waals surface area (Å²) in [7, 11) is -3.27. The summed E-state index contributed by atoms with van der Waals surface area (Å²) in [6.45, 7) is 4.44. The lowest BCUT2D eigenvalue weighted by Gasteiger charge is -2.16. The van der Waals surface area contributed by atoms with Gasteiger partial charge in [0.05, 0.1) is 10.8 Å². The van der Waals surface area contributed by atoms with Crippen molar-refractivity contribution in [1.82, 2.24) is 4.31 Å². The Kier molecular flexibility index (Phi) is 3.28. The molecule has 0 N–H and O–H groups in total. The molecule has 0 aromatic heterocycles. The third-order valence-corrected chi connectivity index (χ3v) is 5.80. The molecule has 1 aliphatic rings. The average molecular weight is 257 g/mol. The van der Waals surface area contributed by atoms with Crippen LogP contribution in [0.1, 0.15) is 11.1 Å². The topological polar surface area (TPSA) is 37.4 Å². The van der Waals surface area contributed by atoms with Gasteiger partial charge in [0.2, 0.25) is 10.0 Å². The second kappa shape index (κ2) is 4.39. The predicted molar refractivity (Wildman–Crippen MR) is 67.1 cm³/mol. The molecule has 1 heterocycles. The molecule has 1 aromatic rings. The fourth-order valence-corrected chi connectivity index (χ4v) is 4.84. The van der Waals surface area contributed by atoms with Crippen LogP contribution >= 0.6 is 11.8 Å². The zero-order valence-electron chi connectivity index (χ0n) is 9.43. The summed E-state index contributed by atoms with van der Waals surface area (Å²) < 4.78 is 26.1. The van der Waals surface area contributed by atoms with E-state index in [1.54, 1.807) is 22.1 Å². The minimum atomic E-state index is -3.27. The molecule has 3 nitrogen and oxygen atoms in total. The van der Waals surface area contributed by atoms with Gasteiger partial charge in [0.1, 0.15) is 0 Å². The summed E-state index contributed by atoms with van der Waals surface area (Å²) >= 11 is 1.66. The first-order valence-electron chi connectivity index (χ1n) is 5.17. The van der Waals surface area contributed by atoms with Gasteiger partial charge < -0.3 is 0 Å². The largest absolute Gasteiger partial charge is 0.244 e. The first-order chi connectivity index (χ1) is 7.51. The van der Waals surface area contributed by atoms with Gasteiger partial charge in [-0.05, 0) is 25.5 Å². The summed E-state index contributed by atoms with van der Waals surface area (Å²) in [5, 5.41) is 0. The lowest BCUT2D eigenvalue weighted by Crippen LogP contribution is -2.28. The molecule has 0 spiro atoms. The molecule has 1 aromatic carbocycles. The zero-order valence-corrected chi connectivity index (χ0v) is 11.1. The Morgan fingerprint density at radius 2 is 2.06 bits per heavy atom. The monoisotopic (exact) mass is 257 g/mol. The maximum absolute atomic E-state index is 12.3. The molecule has 5 heteroatoms. The Hall–Kier alpha value is -0.520. The quantitative estimate of drug-likeness (QED) is 0.813. The van der Waals surface area contributed by atoms with E-state index >= 15 is 0 Å². The maximum atomic E-state index is 12.3. The summed E-state index contributed by atoms with van der Waals surface area (Å²) in [6.07, 6.45) is 0. The fourth-order valence-electron chi connectivity index (χ4n) is 1.81. The molecule has 2 rings (SSSR count). The number of nitrogens with zero attached hydrogens (tertiary/aromatic N) is 1. The highest BCUT2D eigenvalue weighted by atomic mass is 32.2. The third kappa shape index (κ3) is 2.12. The van der Waals surface area contributed by atoms with E-state index in [-0.39, 0.29) is 0 Å². The zero-order chi connectivity index (χ0) is 11.8. The molecular weight excluding hydrogens is 242 g/mol. The van der Waals surface area contributed by atoms with Crippen LogP contribution in [0.15, 0.2) is 23.1 Å². The van der Waals surface area contributed by atoms with E-state index in [2.05, 4.69) is 0 Å². The SMILES string of the molecule is Cc1ccc(S(=O)(=O)N2CCSC2)c(C)c1. The van der Waals surface area contributed by atoms with Gasteiger partial charge in [-0.3, -0.25) is 0 Å². The molecule has 0 atom stereocenters. The van der Waals surface area contributed by atoms with Crippen molar-refractivity contribution in [2.45, 2.75) is 18.7 Å². The van der Waals surface area contributed by atoms with Crippen LogP contribution < -0.4 is 0 Å². The van der Waals surface area contributed by atoms with Gasteiger partial charge in [0.25, 0.3) is 0 Å². The number of rotatable bonds is 2. The second-order valence-electron chi connectivity index (χ2n) is 3.99. The molecule has 0 unspecified atom stereocenters. The van der Waals surface area contributed by atoms with Crippen molar-refractivity contribution in [3.63, 3.8) is 0 Å². The van der Waals surface area contributed by atoms with Crippen LogP contribution in [0.3, 0.4) is 0 Å². The highest BCUT2D eigenvalue weighted by Crippen LogP contribution is 2.25. The lowest BCUT2D eigenvalue weighted by molar-refractivity contribution is 0.489. The Labute approximate surface area is 101 Å². The average Bonchev–Trinajstić information content (AvgIpc) is 2.69. The van der Waals surface area contributed by atoms with E-state index in [4.69, 9.17) is 0 Å². The molecule has 0 aliphatic carbocycles. The summed E-state index contributed by atoms with van der Waals surface area (Å²) in [5.74, 6) is 1.47. The van der Waals surface area contributed by atoms with Gasteiger partial charge in [-0.15, -0.1) is 11.8 Å². The van der Waals surface area contributed by atoms with Crippen LogP contribution in [-0.2, 0) is 10.0 Å². The van der Waals surface area contributed by atoms with Gasteiger partial charge in [-0.2, -0.15) is 4.31 Å². The van der Waals surface area contributed by atoms with Crippen molar-refractivity contribution < 1.29 is 8.42 Å². The van der Waals surface area contributed by atoms with Crippen LogP contribution in [0.2, 0.25) is 0 Å². The summed E-state index contributed by atoms with van der Waals surface area (Å²) in [4.78, 5) is 0.445. The number of hydrogen-bond acceptors (Lipinski definition) is 3.